The van der Waals surface area contributed by atoms with Crippen molar-refractivity contribution < 1.29 is 14.6 Å². The molecule has 3 aromatic rings. The van der Waals surface area contributed by atoms with Crippen LogP contribution in [-0.4, -0.2) is 23.0 Å². The van der Waals surface area contributed by atoms with Gasteiger partial charge in [0.25, 0.3) is 5.91 Å². The minimum atomic E-state index is -0.385. The first-order valence-corrected chi connectivity index (χ1v) is 10.1. The van der Waals surface area contributed by atoms with Gasteiger partial charge in [-0.05, 0) is 41.0 Å². The lowest BCUT2D eigenvalue weighted by Crippen LogP contribution is -2.29. The van der Waals surface area contributed by atoms with E-state index in [0.717, 1.165) is 26.9 Å². The summed E-state index contributed by atoms with van der Waals surface area (Å²) in [5.41, 5.74) is 3.33. The second kappa shape index (κ2) is 8.13. The zero-order valence-electron chi connectivity index (χ0n) is 15.9. The molecule has 0 radical (unpaired) electrons. The van der Waals surface area contributed by atoms with Crippen molar-refractivity contribution in [3.05, 3.63) is 106 Å². The molecule has 1 heterocycles. The highest BCUT2D eigenvalue weighted by molar-refractivity contribution is 9.10. The highest BCUT2D eigenvalue weighted by Gasteiger charge is 2.40. The van der Waals surface area contributed by atoms with E-state index in [2.05, 4.69) is 15.9 Å². The van der Waals surface area contributed by atoms with Gasteiger partial charge in [-0.3, -0.25) is 4.79 Å². The number of rotatable bonds is 5. The Hall–Kier alpha value is -3.05. The Morgan fingerprint density at radius 1 is 1.00 bits per heavy atom. The van der Waals surface area contributed by atoms with Gasteiger partial charge in [0.15, 0.2) is 5.76 Å². The summed E-state index contributed by atoms with van der Waals surface area (Å²) in [5.74, 6) is 0.154. The van der Waals surface area contributed by atoms with Crippen molar-refractivity contribution in [2.24, 2.45) is 0 Å². The first-order valence-electron chi connectivity index (χ1n) is 9.26. The van der Waals surface area contributed by atoms with Gasteiger partial charge in [0.2, 0.25) is 0 Å². The zero-order valence-corrected chi connectivity index (χ0v) is 17.5. The molecule has 4 nitrogen and oxygen atoms in total. The van der Waals surface area contributed by atoms with E-state index in [1.807, 2.05) is 78.9 Å². The van der Waals surface area contributed by atoms with Crippen LogP contribution in [0.25, 0.3) is 5.57 Å². The number of halogens is 1. The van der Waals surface area contributed by atoms with Gasteiger partial charge in [-0.2, -0.15) is 0 Å². The van der Waals surface area contributed by atoms with Crippen molar-refractivity contribution in [2.45, 2.75) is 12.6 Å². The molecule has 1 aliphatic rings. The van der Waals surface area contributed by atoms with Crippen molar-refractivity contribution >= 4 is 27.4 Å². The summed E-state index contributed by atoms with van der Waals surface area (Å²) in [6.45, 7) is 0.358. The van der Waals surface area contributed by atoms with Crippen LogP contribution >= 0.6 is 15.9 Å². The van der Waals surface area contributed by atoms with Crippen LogP contribution < -0.4 is 4.74 Å². The number of aliphatic hydroxyl groups is 1. The average molecular weight is 450 g/mol. The van der Waals surface area contributed by atoms with Crippen molar-refractivity contribution in [2.75, 3.05) is 7.11 Å². The predicted octanol–water partition coefficient (Wildman–Crippen LogP) is 5.51. The number of ether oxygens (including phenoxy) is 1. The Morgan fingerprint density at radius 2 is 1.72 bits per heavy atom. The molecule has 3 aromatic carbocycles. The standard InChI is InChI=1S/C24H20BrNO3/c1-29-20-9-5-6-16(14-20)15-26-22(18-10-12-19(25)13-11-18)21(23(27)24(26)28)17-7-3-2-4-8-17/h2-14,22,27H,15H2,1H3. The van der Waals surface area contributed by atoms with Crippen LogP contribution in [0.2, 0.25) is 0 Å². The van der Waals surface area contributed by atoms with E-state index in [9.17, 15) is 9.90 Å². The maximum Gasteiger partial charge on any atom is 0.290 e. The third kappa shape index (κ3) is 3.78. The molecule has 0 aliphatic carbocycles. The van der Waals surface area contributed by atoms with Crippen LogP contribution in [0, 0.1) is 0 Å². The summed E-state index contributed by atoms with van der Waals surface area (Å²) in [6, 6.07) is 24.6. The first kappa shape index (κ1) is 19.3. The van der Waals surface area contributed by atoms with Crippen LogP contribution in [0.3, 0.4) is 0 Å². The first-order chi connectivity index (χ1) is 14.1. The van der Waals surface area contributed by atoms with Gasteiger partial charge < -0.3 is 14.7 Å². The van der Waals surface area contributed by atoms with Crippen LogP contribution in [0.4, 0.5) is 0 Å². The van der Waals surface area contributed by atoms with Gasteiger partial charge in [-0.25, -0.2) is 0 Å². The molecule has 0 spiro atoms. The molecule has 5 heteroatoms. The highest BCUT2D eigenvalue weighted by Crippen LogP contribution is 2.43. The van der Waals surface area contributed by atoms with Gasteiger partial charge in [0.1, 0.15) is 5.75 Å². The molecule has 1 aliphatic heterocycles. The summed E-state index contributed by atoms with van der Waals surface area (Å²) in [7, 11) is 1.62. The number of methoxy groups -OCH3 is 1. The van der Waals surface area contributed by atoms with E-state index in [0.29, 0.717) is 12.1 Å². The fourth-order valence-electron chi connectivity index (χ4n) is 3.69. The number of carbonyl (C=O) groups is 1. The third-order valence-electron chi connectivity index (χ3n) is 5.06. The molecule has 1 unspecified atom stereocenters. The third-order valence-corrected chi connectivity index (χ3v) is 5.59. The van der Waals surface area contributed by atoms with Crippen molar-refractivity contribution in [1.82, 2.24) is 4.90 Å². The second-order valence-corrected chi connectivity index (χ2v) is 7.78. The lowest BCUT2D eigenvalue weighted by Gasteiger charge is -2.27. The van der Waals surface area contributed by atoms with Gasteiger partial charge >= 0.3 is 0 Å². The van der Waals surface area contributed by atoms with E-state index in [4.69, 9.17) is 4.74 Å². The number of carbonyl (C=O) groups excluding carboxylic acids is 1. The van der Waals surface area contributed by atoms with Gasteiger partial charge in [0, 0.05) is 16.6 Å². The minimum absolute atomic E-state index is 0.202. The molecule has 4 rings (SSSR count). The van der Waals surface area contributed by atoms with Gasteiger partial charge in [0.05, 0.1) is 13.2 Å². The Bertz CT molecular complexity index is 1060. The van der Waals surface area contributed by atoms with E-state index < -0.39 is 0 Å². The van der Waals surface area contributed by atoms with Crippen molar-refractivity contribution in [3.63, 3.8) is 0 Å². The van der Waals surface area contributed by atoms with Crippen molar-refractivity contribution in [1.29, 1.82) is 0 Å². The van der Waals surface area contributed by atoms with E-state index in [-0.39, 0.29) is 17.7 Å². The van der Waals surface area contributed by atoms with Gasteiger partial charge in [-0.1, -0.05) is 70.5 Å². The molecular weight excluding hydrogens is 430 g/mol. The molecule has 29 heavy (non-hydrogen) atoms. The Balaban J connectivity index is 1.79. The number of benzene rings is 3. The normalized spacial score (nSPS) is 16.4. The maximum absolute atomic E-state index is 13.1. The predicted molar refractivity (Wildman–Crippen MR) is 116 cm³/mol. The fourth-order valence-corrected chi connectivity index (χ4v) is 3.95. The molecule has 1 amide bonds. The summed E-state index contributed by atoms with van der Waals surface area (Å²) in [6.07, 6.45) is 0. The average Bonchev–Trinajstić information content (AvgIpc) is 3.00. The van der Waals surface area contributed by atoms with Gasteiger partial charge in [-0.15, -0.1) is 0 Å². The Morgan fingerprint density at radius 3 is 2.41 bits per heavy atom. The quantitative estimate of drug-likeness (QED) is 0.558. The number of hydrogen-bond acceptors (Lipinski definition) is 3. The Kier molecular flexibility index (Phi) is 5.41. The monoisotopic (exact) mass is 449 g/mol. The minimum Gasteiger partial charge on any atom is -0.503 e. The number of aliphatic hydroxyl groups excluding tert-OH is 1. The maximum atomic E-state index is 13.1. The second-order valence-electron chi connectivity index (χ2n) is 6.87. The number of nitrogens with zero attached hydrogens (tertiary/aromatic N) is 1. The lowest BCUT2D eigenvalue weighted by atomic mass is 9.93. The molecule has 0 saturated carbocycles. The smallest absolute Gasteiger partial charge is 0.290 e. The van der Waals surface area contributed by atoms with E-state index in [1.165, 1.54) is 0 Å². The van der Waals surface area contributed by atoms with Crippen LogP contribution in [-0.2, 0) is 11.3 Å². The fraction of sp³-hybridized carbons (Fsp3) is 0.125. The molecule has 1 N–H and O–H groups in total. The largest absolute Gasteiger partial charge is 0.503 e. The van der Waals surface area contributed by atoms with Crippen LogP contribution in [0.15, 0.2) is 89.1 Å². The summed E-state index contributed by atoms with van der Waals surface area (Å²) >= 11 is 3.47. The van der Waals surface area contributed by atoms with Crippen molar-refractivity contribution in [3.8, 4) is 5.75 Å². The molecule has 0 bridgehead atoms. The molecule has 1 atom stereocenters. The number of amides is 1. The molecule has 0 aromatic heterocycles. The highest BCUT2D eigenvalue weighted by atomic mass is 79.9. The Labute approximate surface area is 178 Å². The van der Waals surface area contributed by atoms with Crippen LogP contribution in [0.5, 0.6) is 5.75 Å². The zero-order chi connectivity index (χ0) is 20.4. The topological polar surface area (TPSA) is 49.8 Å². The van der Waals surface area contributed by atoms with Crippen LogP contribution in [0.1, 0.15) is 22.7 Å². The SMILES string of the molecule is COc1cccc(CN2C(=O)C(O)=C(c3ccccc3)C2c2ccc(Br)cc2)c1. The molecule has 146 valence electrons. The summed E-state index contributed by atoms with van der Waals surface area (Å²) in [4.78, 5) is 14.8. The van der Waals surface area contributed by atoms with E-state index >= 15 is 0 Å². The summed E-state index contributed by atoms with van der Waals surface area (Å²) in [5, 5.41) is 10.8. The lowest BCUT2D eigenvalue weighted by molar-refractivity contribution is -0.130. The number of hydrogen-bond donors (Lipinski definition) is 1. The van der Waals surface area contributed by atoms with E-state index in [1.54, 1.807) is 12.0 Å². The molecule has 0 saturated heterocycles. The molecule has 0 fully saturated rings. The molecular formula is C24H20BrNO3. The summed E-state index contributed by atoms with van der Waals surface area (Å²) < 4.78 is 6.27.